The summed E-state index contributed by atoms with van der Waals surface area (Å²) in [6, 6.07) is 0. The second kappa shape index (κ2) is 8.45. The fraction of sp³-hybridized carbons (Fsp3) is 0.897. The van der Waals surface area contributed by atoms with Gasteiger partial charge in [-0.05, 0) is 96.4 Å². The van der Waals surface area contributed by atoms with Crippen molar-refractivity contribution < 1.29 is 20.1 Å². The van der Waals surface area contributed by atoms with E-state index in [1.807, 2.05) is 20.8 Å². The summed E-state index contributed by atoms with van der Waals surface area (Å²) in [7, 11) is 0. The Morgan fingerprint density at radius 2 is 1.64 bits per heavy atom. The van der Waals surface area contributed by atoms with Gasteiger partial charge in [-0.1, -0.05) is 48.1 Å². The molecule has 4 heteroatoms. The highest BCUT2D eigenvalue weighted by molar-refractivity contribution is 5.83. The predicted octanol–water partition coefficient (Wildman–Crippen LogP) is 5.15. The minimum Gasteiger partial charge on any atom is -0.393 e. The third-order valence-electron chi connectivity index (χ3n) is 11.3. The van der Waals surface area contributed by atoms with E-state index < -0.39 is 12.2 Å². The fourth-order valence-corrected chi connectivity index (χ4v) is 9.10. The molecule has 0 saturated heterocycles. The zero-order valence-electron chi connectivity index (χ0n) is 21.8. The molecule has 0 amide bonds. The molecule has 0 aromatic rings. The van der Waals surface area contributed by atoms with E-state index >= 15 is 0 Å². The van der Waals surface area contributed by atoms with Gasteiger partial charge in [-0.2, -0.15) is 0 Å². The maximum Gasteiger partial charge on any atom is 0.136 e. The predicted molar refractivity (Wildman–Crippen MR) is 131 cm³/mol. The van der Waals surface area contributed by atoms with Crippen LogP contribution in [0, 0.1) is 51.8 Å². The standard InChI is InChI=1S/C29H48O4/c1-16(25(32)26(33)17(2)27(3,4)5)20-8-9-21-19-15-24(31)23-14-18(30)10-12-29(23,7)22(19)11-13-28(20,21)6/h16,18-23,25-26,30,32-33H,2,8-15H2,1,3-7H3/t16-,18+,19-,20+,21-,22-,23-,25+,26+,28-,29+/m0/s1. The smallest absolute Gasteiger partial charge is 0.136 e. The van der Waals surface area contributed by atoms with E-state index in [9.17, 15) is 20.1 Å². The van der Waals surface area contributed by atoms with E-state index in [0.29, 0.717) is 47.9 Å². The summed E-state index contributed by atoms with van der Waals surface area (Å²) in [5.41, 5.74) is 0.580. The van der Waals surface area contributed by atoms with Crippen molar-refractivity contribution in [2.24, 2.45) is 51.8 Å². The molecule has 4 saturated carbocycles. The van der Waals surface area contributed by atoms with Gasteiger partial charge >= 0.3 is 0 Å². The van der Waals surface area contributed by atoms with Gasteiger partial charge < -0.3 is 15.3 Å². The number of Topliss-reactive ketones (excluding diaryl/α,β-unsaturated/α-hetero) is 1. The number of aliphatic hydroxyl groups excluding tert-OH is 3. The number of fused-ring (bicyclic) bond motifs is 5. The summed E-state index contributed by atoms with van der Waals surface area (Å²) in [4.78, 5) is 13.3. The molecule has 3 N–H and O–H groups in total. The number of aliphatic hydroxyl groups is 3. The Morgan fingerprint density at radius 1 is 1.03 bits per heavy atom. The van der Waals surface area contributed by atoms with E-state index in [4.69, 9.17) is 0 Å². The molecule has 0 aliphatic heterocycles. The molecule has 0 aromatic heterocycles. The SMILES string of the molecule is C=C([C@@H](O)[C@H](O)[C@@H](C)[C@H]1CC[C@H]2[C@@H]3CC(=O)[C@@H]4C[C@H](O)CC[C@]4(C)[C@H]3CC[C@@]12C)C(C)(C)C. The molecular formula is C29H48O4. The molecule has 33 heavy (non-hydrogen) atoms. The van der Waals surface area contributed by atoms with Crippen molar-refractivity contribution in [2.75, 3.05) is 0 Å². The van der Waals surface area contributed by atoms with Crippen LogP contribution in [0.15, 0.2) is 12.2 Å². The summed E-state index contributed by atoms with van der Waals surface area (Å²) < 4.78 is 0. The molecule has 0 spiro atoms. The monoisotopic (exact) mass is 460 g/mol. The zero-order chi connectivity index (χ0) is 24.5. The van der Waals surface area contributed by atoms with Gasteiger partial charge in [0, 0.05) is 12.3 Å². The first-order valence-corrected chi connectivity index (χ1v) is 13.5. The van der Waals surface area contributed by atoms with Gasteiger partial charge in [0.25, 0.3) is 0 Å². The minimum absolute atomic E-state index is 0.0156. The Bertz CT molecular complexity index is 783. The van der Waals surface area contributed by atoms with Crippen LogP contribution in [0.5, 0.6) is 0 Å². The van der Waals surface area contributed by atoms with Crippen LogP contribution >= 0.6 is 0 Å². The van der Waals surface area contributed by atoms with Crippen LogP contribution in [-0.4, -0.2) is 39.4 Å². The third kappa shape index (κ3) is 3.96. The van der Waals surface area contributed by atoms with Gasteiger partial charge in [-0.3, -0.25) is 4.79 Å². The Balaban J connectivity index is 1.55. The van der Waals surface area contributed by atoms with Crippen LogP contribution in [0.1, 0.15) is 92.9 Å². The van der Waals surface area contributed by atoms with E-state index in [0.717, 1.165) is 38.5 Å². The van der Waals surface area contributed by atoms with Gasteiger partial charge in [-0.25, -0.2) is 0 Å². The lowest BCUT2D eigenvalue weighted by Gasteiger charge is -2.60. The molecule has 4 rings (SSSR count). The molecule has 4 aliphatic carbocycles. The van der Waals surface area contributed by atoms with Crippen LogP contribution in [0.2, 0.25) is 0 Å². The number of rotatable bonds is 4. The first-order chi connectivity index (χ1) is 15.2. The van der Waals surface area contributed by atoms with Crippen molar-refractivity contribution in [1.82, 2.24) is 0 Å². The van der Waals surface area contributed by atoms with Crippen molar-refractivity contribution in [3.63, 3.8) is 0 Å². The molecule has 0 aromatic carbocycles. The van der Waals surface area contributed by atoms with E-state index in [1.54, 1.807) is 0 Å². The van der Waals surface area contributed by atoms with Crippen molar-refractivity contribution in [1.29, 1.82) is 0 Å². The lowest BCUT2D eigenvalue weighted by molar-refractivity contribution is -0.161. The first-order valence-electron chi connectivity index (χ1n) is 13.5. The summed E-state index contributed by atoms with van der Waals surface area (Å²) in [6.45, 7) is 17.1. The average molecular weight is 461 g/mol. The topological polar surface area (TPSA) is 77.8 Å². The maximum atomic E-state index is 13.3. The minimum atomic E-state index is -0.913. The van der Waals surface area contributed by atoms with Crippen LogP contribution < -0.4 is 0 Å². The van der Waals surface area contributed by atoms with Gasteiger partial charge in [0.2, 0.25) is 0 Å². The lowest BCUT2D eigenvalue weighted by Crippen LogP contribution is -2.57. The van der Waals surface area contributed by atoms with Crippen LogP contribution in [0.4, 0.5) is 0 Å². The number of ketones is 1. The summed E-state index contributed by atoms with van der Waals surface area (Å²) >= 11 is 0. The highest BCUT2D eigenvalue weighted by Gasteiger charge is 2.63. The number of hydrogen-bond donors (Lipinski definition) is 3. The van der Waals surface area contributed by atoms with Gasteiger partial charge in [0.05, 0.1) is 12.2 Å². The summed E-state index contributed by atoms with van der Waals surface area (Å²) in [6.07, 6.45) is 5.53. The van der Waals surface area contributed by atoms with E-state index in [1.165, 1.54) is 0 Å². The molecule has 4 fully saturated rings. The summed E-state index contributed by atoms with van der Waals surface area (Å²) in [5, 5.41) is 32.4. The van der Waals surface area contributed by atoms with E-state index in [-0.39, 0.29) is 34.2 Å². The molecule has 0 unspecified atom stereocenters. The number of carbonyl (C=O) groups is 1. The van der Waals surface area contributed by atoms with Gasteiger partial charge in [0.15, 0.2) is 0 Å². The normalized spacial score (nSPS) is 46.0. The van der Waals surface area contributed by atoms with Crippen LogP contribution in [0.3, 0.4) is 0 Å². The largest absolute Gasteiger partial charge is 0.393 e. The Labute approximate surface area is 201 Å². The third-order valence-corrected chi connectivity index (χ3v) is 11.3. The highest BCUT2D eigenvalue weighted by atomic mass is 16.3. The second-order valence-electron chi connectivity index (χ2n) is 13.8. The molecule has 188 valence electrons. The Hall–Kier alpha value is -0.710. The van der Waals surface area contributed by atoms with Gasteiger partial charge in [-0.15, -0.1) is 0 Å². The van der Waals surface area contributed by atoms with Gasteiger partial charge in [0.1, 0.15) is 11.9 Å². The van der Waals surface area contributed by atoms with E-state index in [2.05, 4.69) is 27.4 Å². The number of hydrogen-bond acceptors (Lipinski definition) is 4. The quantitative estimate of drug-likeness (QED) is 0.507. The maximum absolute atomic E-state index is 13.3. The number of carbonyl (C=O) groups excluding carboxylic acids is 1. The molecular weight excluding hydrogens is 412 g/mol. The molecule has 11 atom stereocenters. The Morgan fingerprint density at radius 3 is 2.27 bits per heavy atom. The zero-order valence-corrected chi connectivity index (χ0v) is 21.8. The molecule has 0 heterocycles. The average Bonchev–Trinajstić information content (AvgIpc) is 3.09. The first kappa shape index (κ1) is 25.4. The Kier molecular flexibility index (Phi) is 6.50. The molecule has 4 nitrogen and oxygen atoms in total. The molecule has 0 bridgehead atoms. The summed E-state index contributed by atoms with van der Waals surface area (Å²) in [5.74, 6) is 2.24. The van der Waals surface area contributed by atoms with Crippen molar-refractivity contribution in [3.8, 4) is 0 Å². The molecule has 4 aliphatic rings. The van der Waals surface area contributed by atoms with Crippen LogP contribution in [-0.2, 0) is 4.79 Å². The van der Waals surface area contributed by atoms with Crippen molar-refractivity contribution in [2.45, 2.75) is 111 Å². The van der Waals surface area contributed by atoms with Crippen molar-refractivity contribution in [3.05, 3.63) is 12.2 Å². The highest BCUT2D eigenvalue weighted by Crippen LogP contribution is 2.67. The molecule has 0 radical (unpaired) electrons. The fourth-order valence-electron chi connectivity index (χ4n) is 9.10. The van der Waals surface area contributed by atoms with Crippen LogP contribution in [0.25, 0.3) is 0 Å². The van der Waals surface area contributed by atoms with Crippen molar-refractivity contribution >= 4 is 5.78 Å². The lowest BCUT2D eigenvalue weighted by atomic mass is 9.44. The second-order valence-corrected chi connectivity index (χ2v) is 13.8.